The maximum absolute atomic E-state index is 11.0. The van der Waals surface area contributed by atoms with Crippen molar-refractivity contribution in [3.63, 3.8) is 0 Å². The molecular weight excluding hydrogens is 284 g/mol. The zero-order chi connectivity index (χ0) is 14.7. The summed E-state index contributed by atoms with van der Waals surface area (Å²) < 4.78 is 4.97. The number of hydrogen-bond donors (Lipinski definition) is 3. The van der Waals surface area contributed by atoms with Crippen molar-refractivity contribution >= 4 is 28.3 Å². The SMILES string of the molecule is COc1ccc(-c2csc(NC(=O)C(=O)O)n2)c(O)c1. The Labute approximate surface area is 117 Å². The molecule has 1 amide bonds. The molecule has 0 aliphatic rings. The molecule has 1 aromatic carbocycles. The second-order valence-electron chi connectivity index (χ2n) is 3.68. The number of carbonyl (C=O) groups is 2. The molecule has 104 valence electrons. The molecule has 0 aliphatic carbocycles. The first-order valence-electron chi connectivity index (χ1n) is 5.38. The summed E-state index contributed by atoms with van der Waals surface area (Å²) in [6.07, 6.45) is 0. The highest BCUT2D eigenvalue weighted by molar-refractivity contribution is 7.14. The number of thiazole rings is 1. The maximum atomic E-state index is 11.0. The summed E-state index contributed by atoms with van der Waals surface area (Å²) in [6, 6.07) is 4.71. The number of methoxy groups -OCH3 is 1. The molecule has 8 heteroatoms. The van der Waals surface area contributed by atoms with Crippen LogP contribution in [-0.2, 0) is 9.59 Å². The van der Waals surface area contributed by atoms with Gasteiger partial charge < -0.3 is 14.9 Å². The van der Waals surface area contributed by atoms with Crippen LogP contribution in [0.5, 0.6) is 11.5 Å². The molecule has 0 bridgehead atoms. The van der Waals surface area contributed by atoms with E-state index in [1.54, 1.807) is 17.5 Å². The van der Waals surface area contributed by atoms with Crippen molar-refractivity contribution < 1.29 is 24.5 Å². The molecule has 0 aliphatic heterocycles. The summed E-state index contributed by atoms with van der Waals surface area (Å²) in [4.78, 5) is 25.5. The molecule has 0 fully saturated rings. The van der Waals surface area contributed by atoms with Crippen molar-refractivity contribution in [1.82, 2.24) is 4.98 Å². The fourth-order valence-electron chi connectivity index (χ4n) is 1.46. The number of anilines is 1. The number of phenols is 1. The number of rotatable bonds is 3. The number of amides is 1. The third kappa shape index (κ3) is 2.86. The lowest BCUT2D eigenvalue weighted by molar-refractivity contribution is -0.147. The lowest BCUT2D eigenvalue weighted by atomic mass is 10.1. The number of hydrogen-bond acceptors (Lipinski definition) is 6. The van der Waals surface area contributed by atoms with Gasteiger partial charge in [-0.3, -0.25) is 10.1 Å². The van der Waals surface area contributed by atoms with E-state index in [1.165, 1.54) is 13.2 Å². The average Bonchev–Trinajstić information content (AvgIpc) is 2.86. The Morgan fingerprint density at radius 1 is 1.40 bits per heavy atom. The van der Waals surface area contributed by atoms with Crippen molar-refractivity contribution in [2.24, 2.45) is 0 Å². The van der Waals surface area contributed by atoms with E-state index >= 15 is 0 Å². The van der Waals surface area contributed by atoms with Crippen LogP contribution in [-0.4, -0.2) is 34.2 Å². The first-order valence-corrected chi connectivity index (χ1v) is 6.26. The van der Waals surface area contributed by atoms with Gasteiger partial charge in [0.25, 0.3) is 0 Å². The zero-order valence-electron chi connectivity index (χ0n) is 10.3. The van der Waals surface area contributed by atoms with Gasteiger partial charge in [0, 0.05) is 17.0 Å². The fraction of sp³-hybridized carbons (Fsp3) is 0.0833. The van der Waals surface area contributed by atoms with Crippen molar-refractivity contribution in [2.45, 2.75) is 0 Å². The Hall–Kier alpha value is -2.61. The Kier molecular flexibility index (Phi) is 3.85. The van der Waals surface area contributed by atoms with Gasteiger partial charge in [0.15, 0.2) is 5.13 Å². The van der Waals surface area contributed by atoms with E-state index in [4.69, 9.17) is 9.84 Å². The molecule has 0 unspecified atom stereocenters. The number of aliphatic carboxylic acids is 1. The van der Waals surface area contributed by atoms with Crippen LogP contribution in [0.2, 0.25) is 0 Å². The minimum Gasteiger partial charge on any atom is -0.507 e. The Morgan fingerprint density at radius 3 is 2.75 bits per heavy atom. The molecular formula is C12H10N2O5S. The number of aromatic hydroxyl groups is 1. The van der Waals surface area contributed by atoms with Gasteiger partial charge in [-0.2, -0.15) is 0 Å². The topological polar surface area (TPSA) is 109 Å². The number of ether oxygens (including phenoxy) is 1. The minimum absolute atomic E-state index is 0.0224. The van der Waals surface area contributed by atoms with E-state index in [0.717, 1.165) is 11.3 Å². The molecule has 7 nitrogen and oxygen atoms in total. The quantitative estimate of drug-likeness (QED) is 0.741. The van der Waals surface area contributed by atoms with E-state index in [1.807, 2.05) is 0 Å². The van der Waals surface area contributed by atoms with Crippen molar-refractivity contribution in [2.75, 3.05) is 12.4 Å². The molecule has 0 saturated heterocycles. The van der Waals surface area contributed by atoms with Crippen LogP contribution in [0.3, 0.4) is 0 Å². The van der Waals surface area contributed by atoms with Crippen LogP contribution >= 0.6 is 11.3 Å². The third-order valence-corrected chi connectivity index (χ3v) is 3.16. The van der Waals surface area contributed by atoms with Gasteiger partial charge in [-0.25, -0.2) is 9.78 Å². The summed E-state index contributed by atoms with van der Waals surface area (Å²) in [6.45, 7) is 0. The highest BCUT2D eigenvalue weighted by Gasteiger charge is 2.15. The lowest BCUT2D eigenvalue weighted by Gasteiger charge is -2.04. The van der Waals surface area contributed by atoms with E-state index in [0.29, 0.717) is 17.0 Å². The predicted molar refractivity (Wildman–Crippen MR) is 72.0 cm³/mol. The lowest BCUT2D eigenvalue weighted by Crippen LogP contribution is -2.21. The summed E-state index contributed by atoms with van der Waals surface area (Å²) >= 11 is 1.06. The highest BCUT2D eigenvalue weighted by atomic mass is 32.1. The molecule has 2 rings (SSSR count). The largest absolute Gasteiger partial charge is 0.507 e. The second kappa shape index (κ2) is 5.57. The molecule has 20 heavy (non-hydrogen) atoms. The normalized spacial score (nSPS) is 10.1. The molecule has 0 saturated carbocycles. The van der Waals surface area contributed by atoms with E-state index in [9.17, 15) is 14.7 Å². The number of carboxylic acid groups (broad SMARTS) is 1. The number of nitrogens with one attached hydrogen (secondary N) is 1. The van der Waals surface area contributed by atoms with Gasteiger partial charge >= 0.3 is 11.9 Å². The van der Waals surface area contributed by atoms with Gasteiger partial charge in [0.05, 0.1) is 12.8 Å². The van der Waals surface area contributed by atoms with Gasteiger partial charge in [0.1, 0.15) is 11.5 Å². The summed E-state index contributed by atoms with van der Waals surface area (Å²) in [5.41, 5.74) is 0.883. The minimum atomic E-state index is -1.59. The number of aromatic nitrogens is 1. The second-order valence-corrected chi connectivity index (χ2v) is 4.54. The van der Waals surface area contributed by atoms with Gasteiger partial charge in [-0.1, -0.05) is 0 Å². The average molecular weight is 294 g/mol. The zero-order valence-corrected chi connectivity index (χ0v) is 11.1. The van der Waals surface area contributed by atoms with Gasteiger partial charge in [-0.15, -0.1) is 11.3 Å². The standard InChI is InChI=1S/C12H10N2O5S/c1-19-6-2-3-7(9(15)4-6)8-5-20-12(13-8)14-10(16)11(17)18/h2-5,15H,1H3,(H,17,18)(H,13,14,16). The monoisotopic (exact) mass is 294 g/mol. The Morgan fingerprint density at radius 2 is 2.15 bits per heavy atom. The van der Waals surface area contributed by atoms with Gasteiger partial charge in [-0.05, 0) is 12.1 Å². The predicted octanol–water partition coefficient (Wildman–Crippen LogP) is 1.55. The number of carboxylic acids is 1. The molecule has 1 aromatic heterocycles. The molecule has 0 atom stereocenters. The summed E-state index contributed by atoms with van der Waals surface area (Å²) in [5, 5.41) is 22.2. The third-order valence-electron chi connectivity index (χ3n) is 2.40. The van der Waals surface area contributed by atoms with E-state index < -0.39 is 11.9 Å². The summed E-state index contributed by atoms with van der Waals surface area (Å²) in [7, 11) is 1.48. The maximum Gasteiger partial charge on any atom is 0.394 e. The van der Waals surface area contributed by atoms with Crippen LogP contribution in [0.4, 0.5) is 5.13 Å². The van der Waals surface area contributed by atoms with Crippen LogP contribution in [0.1, 0.15) is 0 Å². The van der Waals surface area contributed by atoms with Crippen LogP contribution in [0.15, 0.2) is 23.6 Å². The molecule has 3 N–H and O–H groups in total. The van der Waals surface area contributed by atoms with Crippen LogP contribution in [0.25, 0.3) is 11.3 Å². The number of carbonyl (C=O) groups excluding carboxylic acids is 1. The molecule has 2 aromatic rings. The molecule has 0 radical (unpaired) electrons. The Bertz CT molecular complexity index is 668. The number of nitrogens with zero attached hydrogens (tertiary/aromatic N) is 1. The fourth-order valence-corrected chi connectivity index (χ4v) is 2.17. The first kappa shape index (κ1) is 13.8. The summed E-state index contributed by atoms with van der Waals surface area (Å²) in [5.74, 6) is -2.27. The first-order chi connectivity index (χ1) is 9.51. The Balaban J connectivity index is 2.24. The highest BCUT2D eigenvalue weighted by Crippen LogP contribution is 2.33. The van der Waals surface area contributed by atoms with Crippen molar-refractivity contribution in [3.05, 3.63) is 23.6 Å². The van der Waals surface area contributed by atoms with Crippen molar-refractivity contribution in [1.29, 1.82) is 0 Å². The molecule has 0 spiro atoms. The smallest absolute Gasteiger partial charge is 0.394 e. The van der Waals surface area contributed by atoms with E-state index in [2.05, 4.69) is 10.3 Å². The van der Waals surface area contributed by atoms with Gasteiger partial charge in [0.2, 0.25) is 0 Å². The van der Waals surface area contributed by atoms with Crippen LogP contribution in [0, 0.1) is 0 Å². The van der Waals surface area contributed by atoms with Crippen molar-refractivity contribution in [3.8, 4) is 22.8 Å². The van der Waals surface area contributed by atoms with E-state index in [-0.39, 0.29) is 10.9 Å². The number of benzene rings is 1. The number of phenolic OH excluding ortho intramolecular Hbond substituents is 1. The molecule has 1 heterocycles. The van der Waals surface area contributed by atoms with Crippen LogP contribution < -0.4 is 10.1 Å².